The molecule has 0 spiro atoms. The third-order valence-electron chi connectivity index (χ3n) is 3.49. The number of aliphatic hydroxyl groups excluding tert-OH is 1. The van der Waals surface area contributed by atoms with E-state index in [1.807, 2.05) is 0 Å². The van der Waals surface area contributed by atoms with E-state index in [2.05, 4.69) is 18.8 Å². The molecule has 0 saturated heterocycles. The lowest BCUT2D eigenvalue weighted by atomic mass is 10.1. The Kier molecular flexibility index (Phi) is 17.1. The molecular weight excluding hydrogens is 232 g/mol. The fourth-order valence-electron chi connectivity index (χ4n) is 2.20. The molecule has 0 atom stereocenters. The van der Waals surface area contributed by atoms with Gasteiger partial charge in [0.05, 0.1) is 0 Å². The van der Waals surface area contributed by atoms with Gasteiger partial charge in [-0.2, -0.15) is 0 Å². The third-order valence-corrected chi connectivity index (χ3v) is 3.49. The zero-order valence-electron chi connectivity index (χ0n) is 13.1. The molecule has 1 N–H and O–H groups in total. The predicted molar refractivity (Wildman–Crippen MR) is 85.2 cm³/mol. The SMILES string of the molecule is CCCCCCCC#CCCCCCCCCCO. The van der Waals surface area contributed by atoms with Crippen LogP contribution in [0.4, 0.5) is 0 Å². The molecule has 0 aliphatic heterocycles. The molecule has 1 heteroatoms. The summed E-state index contributed by atoms with van der Waals surface area (Å²) in [4.78, 5) is 0. The van der Waals surface area contributed by atoms with Crippen molar-refractivity contribution in [1.82, 2.24) is 0 Å². The zero-order valence-corrected chi connectivity index (χ0v) is 13.1. The Bertz CT molecular complexity index is 211. The Morgan fingerprint density at radius 1 is 0.579 bits per heavy atom. The van der Waals surface area contributed by atoms with Gasteiger partial charge in [-0.3, -0.25) is 0 Å². The van der Waals surface area contributed by atoms with Crippen LogP contribution in [0.3, 0.4) is 0 Å². The molecule has 19 heavy (non-hydrogen) atoms. The van der Waals surface area contributed by atoms with Crippen LogP contribution in [0, 0.1) is 11.8 Å². The molecule has 112 valence electrons. The van der Waals surface area contributed by atoms with E-state index in [1.165, 1.54) is 70.6 Å². The Balaban J connectivity index is 3.05. The Morgan fingerprint density at radius 2 is 1.00 bits per heavy atom. The number of aliphatic hydroxyl groups is 1. The average molecular weight is 266 g/mol. The van der Waals surface area contributed by atoms with E-state index in [0.717, 1.165) is 19.3 Å². The van der Waals surface area contributed by atoms with Crippen LogP contribution in [0.5, 0.6) is 0 Å². The second-order valence-corrected chi connectivity index (χ2v) is 5.47. The largest absolute Gasteiger partial charge is 0.396 e. The van der Waals surface area contributed by atoms with Crippen LogP contribution in [-0.4, -0.2) is 11.7 Å². The predicted octanol–water partition coefficient (Wildman–Crippen LogP) is 5.46. The van der Waals surface area contributed by atoms with Crippen molar-refractivity contribution in [3.63, 3.8) is 0 Å². The molecule has 0 aliphatic carbocycles. The number of hydrogen-bond acceptors (Lipinski definition) is 1. The molecule has 0 radical (unpaired) electrons. The summed E-state index contributed by atoms with van der Waals surface area (Å²) in [5, 5.41) is 8.65. The topological polar surface area (TPSA) is 20.2 Å². The fraction of sp³-hybridized carbons (Fsp3) is 0.889. The minimum Gasteiger partial charge on any atom is -0.396 e. The molecule has 0 amide bonds. The highest BCUT2D eigenvalue weighted by Crippen LogP contribution is 2.08. The molecule has 0 rings (SSSR count). The van der Waals surface area contributed by atoms with Crippen LogP contribution >= 0.6 is 0 Å². The van der Waals surface area contributed by atoms with Crippen LogP contribution in [0.15, 0.2) is 0 Å². The lowest BCUT2D eigenvalue weighted by molar-refractivity contribution is 0.282. The molecule has 0 unspecified atom stereocenters. The van der Waals surface area contributed by atoms with Crippen LogP contribution in [-0.2, 0) is 0 Å². The van der Waals surface area contributed by atoms with Gasteiger partial charge in [0.2, 0.25) is 0 Å². The van der Waals surface area contributed by atoms with E-state index in [1.54, 1.807) is 0 Å². The van der Waals surface area contributed by atoms with Crippen molar-refractivity contribution in [3.05, 3.63) is 0 Å². The minimum absolute atomic E-state index is 0.355. The van der Waals surface area contributed by atoms with E-state index in [4.69, 9.17) is 5.11 Å². The summed E-state index contributed by atoms with van der Waals surface area (Å²) in [6.45, 7) is 2.61. The van der Waals surface area contributed by atoms with Gasteiger partial charge >= 0.3 is 0 Å². The fourth-order valence-corrected chi connectivity index (χ4v) is 2.20. The molecule has 0 bridgehead atoms. The summed E-state index contributed by atoms with van der Waals surface area (Å²) in [7, 11) is 0. The smallest absolute Gasteiger partial charge is 0.0431 e. The first-order valence-corrected chi connectivity index (χ1v) is 8.48. The lowest BCUT2D eigenvalue weighted by Crippen LogP contribution is -1.84. The van der Waals surface area contributed by atoms with Crippen molar-refractivity contribution in [1.29, 1.82) is 0 Å². The highest BCUT2D eigenvalue weighted by Gasteiger charge is 1.90. The normalized spacial score (nSPS) is 10.2. The highest BCUT2D eigenvalue weighted by atomic mass is 16.2. The van der Waals surface area contributed by atoms with Crippen LogP contribution in [0.1, 0.15) is 96.8 Å². The summed E-state index contributed by atoms with van der Waals surface area (Å²) >= 11 is 0. The van der Waals surface area contributed by atoms with Gasteiger partial charge in [0, 0.05) is 19.4 Å². The summed E-state index contributed by atoms with van der Waals surface area (Å²) in [6.07, 6.45) is 17.6. The number of unbranched alkanes of at least 4 members (excludes halogenated alkanes) is 12. The highest BCUT2D eigenvalue weighted by molar-refractivity contribution is 4.98. The molecule has 0 aromatic heterocycles. The zero-order chi connectivity index (χ0) is 14.0. The second-order valence-electron chi connectivity index (χ2n) is 5.47. The first-order valence-electron chi connectivity index (χ1n) is 8.48. The van der Waals surface area contributed by atoms with E-state index >= 15 is 0 Å². The molecule has 0 aromatic rings. The Labute approximate surface area is 121 Å². The summed E-state index contributed by atoms with van der Waals surface area (Å²) in [5.41, 5.74) is 0. The maximum atomic E-state index is 8.65. The van der Waals surface area contributed by atoms with Crippen molar-refractivity contribution < 1.29 is 5.11 Å². The van der Waals surface area contributed by atoms with E-state index in [0.29, 0.717) is 6.61 Å². The van der Waals surface area contributed by atoms with Crippen molar-refractivity contribution in [3.8, 4) is 11.8 Å². The van der Waals surface area contributed by atoms with Crippen molar-refractivity contribution >= 4 is 0 Å². The molecule has 0 heterocycles. The van der Waals surface area contributed by atoms with Crippen molar-refractivity contribution in [2.24, 2.45) is 0 Å². The molecule has 1 nitrogen and oxygen atoms in total. The molecule has 0 saturated carbocycles. The summed E-state index contributed by atoms with van der Waals surface area (Å²) < 4.78 is 0. The third kappa shape index (κ3) is 17.5. The average Bonchev–Trinajstić information content (AvgIpc) is 2.43. The summed E-state index contributed by atoms with van der Waals surface area (Å²) in [5.74, 6) is 6.61. The van der Waals surface area contributed by atoms with Crippen molar-refractivity contribution in [2.45, 2.75) is 96.8 Å². The quantitative estimate of drug-likeness (QED) is 0.346. The van der Waals surface area contributed by atoms with Crippen LogP contribution in [0.25, 0.3) is 0 Å². The Hall–Kier alpha value is -0.480. The van der Waals surface area contributed by atoms with Gasteiger partial charge in [0.15, 0.2) is 0 Å². The van der Waals surface area contributed by atoms with Gasteiger partial charge in [0.25, 0.3) is 0 Å². The van der Waals surface area contributed by atoms with Gasteiger partial charge in [-0.15, -0.1) is 11.8 Å². The minimum atomic E-state index is 0.355. The number of rotatable bonds is 13. The molecule has 0 aromatic carbocycles. The van der Waals surface area contributed by atoms with Gasteiger partial charge in [-0.1, -0.05) is 64.7 Å². The molecule has 0 aliphatic rings. The van der Waals surface area contributed by atoms with E-state index in [-0.39, 0.29) is 0 Å². The van der Waals surface area contributed by atoms with E-state index < -0.39 is 0 Å². The standard InChI is InChI=1S/C18H34O/c1-2-3-4-5-6-7-8-9-10-11-12-13-14-15-16-17-18-19/h19H,2-7,10-18H2,1H3. The van der Waals surface area contributed by atoms with Crippen molar-refractivity contribution in [2.75, 3.05) is 6.61 Å². The van der Waals surface area contributed by atoms with Gasteiger partial charge < -0.3 is 5.11 Å². The number of hydrogen-bond donors (Lipinski definition) is 1. The first kappa shape index (κ1) is 18.5. The van der Waals surface area contributed by atoms with Crippen LogP contribution < -0.4 is 0 Å². The van der Waals surface area contributed by atoms with Crippen LogP contribution in [0.2, 0.25) is 0 Å². The maximum absolute atomic E-state index is 8.65. The summed E-state index contributed by atoms with van der Waals surface area (Å²) in [6, 6.07) is 0. The van der Waals surface area contributed by atoms with Gasteiger partial charge in [0.1, 0.15) is 0 Å². The molecule has 0 fully saturated rings. The monoisotopic (exact) mass is 266 g/mol. The van der Waals surface area contributed by atoms with Gasteiger partial charge in [-0.05, 0) is 19.3 Å². The molecular formula is C18H34O. The lowest BCUT2D eigenvalue weighted by Gasteiger charge is -1.99. The second kappa shape index (κ2) is 17.5. The Morgan fingerprint density at radius 3 is 1.47 bits per heavy atom. The maximum Gasteiger partial charge on any atom is 0.0431 e. The van der Waals surface area contributed by atoms with Gasteiger partial charge in [-0.25, -0.2) is 0 Å². The van der Waals surface area contributed by atoms with E-state index in [9.17, 15) is 0 Å². The first-order chi connectivity index (χ1) is 9.41.